The SMILES string of the molecule is OCC1NCCC1N1CCC(O)C1C(O)N1CCCCC1. The number of piperidine rings is 1. The average molecular weight is 299 g/mol. The van der Waals surface area contributed by atoms with Gasteiger partial charge in [0, 0.05) is 31.7 Å². The van der Waals surface area contributed by atoms with E-state index in [1.165, 1.54) is 6.42 Å². The molecule has 5 atom stereocenters. The second-order valence-electron chi connectivity index (χ2n) is 6.69. The molecule has 6 nitrogen and oxygen atoms in total. The minimum Gasteiger partial charge on any atom is -0.395 e. The van der Waals surface area contributed by atoms with E-state index < -0.39 is 12.3 Å². The fraction of sp³-hybridized carbons (Fsp3) is 1.00. The first-order valence-electron chi connectivity index (χ1n) is 8.42. The van der Waals surface area contributed by atoms with Gasteiger partial charge in [0.15, 0.2) is 0 Å². The molecular weight excluding hydrogens is 270 g/mol. The van der Waals surface area contributed by atoms with Crippen LogP contribution < -0.4 is 5.32 Å². The fourth-order valence-corrected chi connectivity index (χ4v) is 4.31. The average Bonchev–Trinajstić information content (AvgIpc) is 3.13. The van der Waals surface area contributed by atoms with E-state index in [9.17, 15) is 15.3 Å². The smallest absolute Gasteiger partial charge is 0.125 e. The van der Waals surface area contributed by atoms with E-state index >= 15 is 0 Å². The summed E-state index contributed by atoms with van der Waals surface area (Å²) in [6.45, 7) is 3.66. The summed E-state index contributed by atoms with van der Waals surface area (Å²) in [4.78, 5) is 4.36. The maximum absolute atomic E-state index is 10.8. The van der Waals surface area contributed by atoms with Crippen LogP contribution in [0.4, 0.5) is 0 Å². The molecular formula is C15H29N3O3. The maximum atomic E-state index is 10.8. The highest BCUT2D eigenvalue weighted by Crippen LogP contribution is 2.30. The third kappa shape index (κ3) is 3.11. The van der Waals surface area contributed by atoms with Crippen LogP contribution in [0.5, 0.6) is 0 Å². The van der Waals surface area contributed by atoms with Crippen molar-refractivity contribution in [3.63, 3.8) is 0 Å². The summed E-state index contributed by atoms with van der Waals surface area (Å²) >= 11 is 0. The lowest BCUT2D eigenvalue weighted by Crippen LogP contribution is -2.58. The Labute approximate surface area is 126 Å². The predicted molar refractivity (Wildman–Crippen MR) is 79.8 cm³/mol. The Hall–Kier alpha value is -0.240. The Morgan fingerprint density at radius 3 is 2.57 bits per heavy atom. The van der Waals surface area contributed by atoms with Gasteiger partial charge in [-0.25, -0.2) is 0 Å². The number of nitrogens with zero attached hydrogens (tertiary/aromatic N) is 2. The van der Waals surface area contributed by atoms with Crippen LogP contribution in [0.15, 0.2) is 0 Å². The molecule has 3 saturated heterocycles. The molecule has 0 bridgehead atoms. The molecule has 3 fully saturated rings. The van der Waals surface area contributed by atoms with Gasteiger partial charge in [0.25, 0.3) is 0 Å². The largest absolute Gasteiger partial charge is 0.395 e. The molecule has 0 aliphatic carbocycles. The molecule has 0 saturated carbocycles. The first-order valence-corrected chi connectivity index (χ1v) is 8.42. The van der Waals surface area contributed by atoms with Crippen molar-refractivity contribution in [2.24, 2.45) is 0 Å². The zero-order valence-electron chi connectivity index (χ0n) is 12.7. The second-order valence-corrected chi connectivity index (χ2v) is 6.69. The van der Waals surface area contributed by atoms with Gasteiger partial charge >= 0.3 is 0 Å². The molecule has 0 spiro atoms. The van der Waals surface area contributed by atoms with Crippen molar-refractivity contribution >= 4 is 0 Å². The third-order valence-corrected chi connectivity index (χ3v) is 5.46. The quantitative estimate of drug-likeness (QED) is 0.530. The molecule has 21 heavy (non-hydrogen) atoms. The highest BCUT2D eigenvalue weighted by Gasteiger charge is 2.46. The highest BCUT2D eigenvalue weighted by atomic mass is 16.3. The lowest BCUT2D eigenvalue weighted by atomic mass is 10.0. The van der Waals surface area contributed by atoms with E-state index in [4.69, 9.17) is 0 Å². The van der Waals surface area contributed by atoms with Crippen molar-refractivity contribution in [1.29, 1.82) is 0 Å². The van der Waals surface area contributed by atoms with E-state index in [1.807, 2.05) is 0 Å². The number of aliphatic hydroxyl groups is 3. The van der Waals surface area contributed by atoms with Crippen molar-refractivity contribution in [1.82, 2.24) is 15.1 Å². The van der Waals surface area contributed by atoms with Gasteiger partial charge in [-0.2, -0.15) is 0 Å². The summed E-state index contributed by atoms with van der Waals surface area (Å²) in [5.74, 6) is 0. The van der Waals surface area contributed by atoms with Gasteiger partial charge in [0.05, 0.1) is 18.8 Å². The van der Waals surface area contributed by atoms with E-state index in [0.29, 0.717) is 6.42 Å². The van der Waals surface area contributed by atoms with Gasteiger partial charge in [-0.1, -0.05) is 6.42 Å². The molecule has 0 radical (unpaired) electrons. The van der Waals surface area contributed by atoms with Gasteiger partial charge in [0.2, 0.25) is 0 Å². The highest BCUT2D eigenvalue weighted by molar-refractivity contribution is 5.00. The van der Waals surface area contributed by atoms with Gasteiger partial charge < -0.3 is 20.6 Å². The van der Waals surface area contributed by atoms with Crippen LogP contribution in [-0.2, 0) is 0 Å². The van der Waals surface area contributed by atoms with Crippen LogP contribution >= 0.6 is 0 Å². The lowest BCUT2D eigenvalue weighted by Gasteiger charge is -2.41. The second kappa shape index (κ2) is 6.89. The minimum atomic E-state index is -0.595. The molecule has 3 aliphatic heterocycles. The molecule has 0 amide bonds. The molecule has 4 N–H and O–H groups in total. The van der Waals surface area contributed by atoms with Crippen LogP contribution in [0.2, 0.25) is 0 Å². The monoisotopic (exact) mass is 299 g/mol. The van der Waals surface area contributed by atoms with Crippen molar-refractivity contribution in [3.05, 3.63) is 0 Å². The van der Waals surface area contributed by atoms with Gasteiger partial charge in [-0.05, 0) is 32.2 Å². The van der Waals surface area contributed by atoms with Gasteiger partial charge in [0.1, 0.15) is 6.23 Å². The van der Waals surface area contributed by atoms with Gasteiger partial charge in [-0.3, -0.25) is 9.80 Å². The number of likely N-dealkylation sites (tertiary alicyclic amines) is 2. The summed E-state index contributed by atoms with van der Waals surface area (Å²) in [5.41, 5.74) is 0. The van der Waals surface area contributed by atoms with E-state index in [2.05, 4.69) is 15.1 Å². The molecule has 0 aromatic rings. The maximum Gasteiger partial charge on any atom is 0.125 e. The molecule has 6 heteroatoms. The molecule has 0 aromatic carbocycles. The first-order chi connectivity index (χ1) is 10.2. The van der Waals surface area contributed by atoms with Crippen molar-refractivity contribution in [3.8, 4) is 0 Å². The van der Waals surface area contributed by atoms with Crippen LogP contribution in [0, 0.1) is 0 Å². The van der Waals surface area contributed by atoms with Crippen molar-refractivity contribution in [2.45, 2.75) is 62.6 Å². The Kier molecular flexibility index (Phi) is 5.14. The Morgan fingerprint density at radius 1 is 1.10 bits per heavy atom. The summed E-state index contributed by atoms with van der Waals surface area (Å²) in [7, 11) is 0. The summed E-state index contributed by atoms with van der Waals surface area (Å²) in [6.07, 6.45) is 4.11. The van der Waals surface area contributed by atoms with E-state index in [0.717, 1.165) is 45.4 Å². The molecule has 3 rings (SSSR count). The van der Waals surface area contributed by atoms with E-state index in [1.54, 1.807) is 0 Å². The van der Waals surface area contributed by atoms with Crippen molar-refractivity contribution in [2.75, 3.05) is 32.8 Å². The number of hydrogen-bond donors (Lipinski definition) is 4. The zero-order chi connectivity index (χ0) is 14.8. The molecule has 5 unspecified atom stereocenters. The number of nitrogens with one attached hydrogen (secondary N) is 1. The third-order valence-electron chi connectivity index (χ3n) is 5.46. The van der Waals surface area contributed by atoms with Crippen LogP contribution in [0.3, 0.4) is 0 Å². The van der Waals surface area contributed by atoms with Crippen LogP contribution in [0.1, 0.15) is 32.1 Å². The first kappa shape index (κ1) is 15.6. The van der Waals surface area contributed by atoms with Crippen LogP contribution in [-0.4, -0.2) is 88.4 Å². The summed E-state index contributed by atoms with van der Waals surface area (Å²) in [6, 6.07) is 0.0602. The molecule has 3 aliphatic rings. The van der Waals surface area contributed by atoms with Gasteiger partial charge in [-0.15, -0.1) is 0 Å². The normalized spacial score (nSPS) is 40.7. The van der Waals surface area contributed by atoms with Crippen LogP contribution in [0.25, 0.3) is 0 Å². The summed E-state index contributed by atoms with van der Waals surface area (Å²) < 4.78 is 0. The molecule has 122 valence electrons. The Balaban J connectivity index is 1.71. The topological polar surface area (TPSA) is 79.2 Å². The Morgan fingerprint density at radius 2 is 1.86 bits per heavy atom. The molecule has 3 heterocycles. The minimum absolute atomic E-state index is 0.0614. The number of rotatable bonds is 4. The van der Waals surface area contributed by atoms with Crippen molar-refractivity contribution < 1.29 is 15.3 Å². The Bertz CT molecular complexity index is 338. The number of hydrogen-bond acceptors (Lipinski definition) is 6. The standard InChI is InChI=1S/C15H29N3O3/c19-10-11-12(4-6-16-11)18-9-5-13(20)14(18)15(21)17-7-2-1-3-8-17/h11-16,19-21H,1-10H2. The lowest BCUT2D eigenvalue weighted by molar-refractivity contribution is -0.0927. The van der Waals surface area contributed by atoms with E-state index in [-0.39, 0.29) is 24.7 Å². The predicted octanol–water partition coefficient (Wildman–Crippen LogP) is -1.05. The number of aliphatic hydroxyl groups excluding tert-OH is 3. The fourth-order valence-electron chi connectivity index (χ4n) is 4.31. The zero-order valence-corrected chi connectivity index (χ0v) is 12.7. The summed E-state index contributed by atoms with van der Waals surface area (Å²) in [5, 5.41) is 34.0. The molecule has 0 aromatic heterocycles.